The molecule has 0 saturated carbocycles. The molecule has 0 spiro atoms. The Hall–Kier alpha value is -2.58. The number of sulfonamides is 1. The van der Waals surface area contributed by atoms with Crippen LogP contribution >= 0.6 is 11.6 Å². The van der Waals surface area contributed by atoms with Crippen molar-refractivity contribution in [3.8, 4) is 0 Å². The van der Waals surface area contributed by atoms with E-state index in [4.69, 9.17) is 11.6 Å². The SMILES string of the molecule is CC[C@@H](C)NC(=O)[C@H](C)N(Cc1cccc(Cl)c1)C(=O)CCCN(c1cc(C)cc(C)c1)S(C)(=O)=O. The highest BCUT2D eigenvalue weighted by atomic mass is 35.5. The lowest BCUT2D eigenvalue weighted by molar-refractivity contribution is -0.140. The zero-order chi connectivity index (χ0) is 27.0. The molecule has 0 heterocycles. The minimum atomic E-state index is -3.54. The van der Waals surface area contributed by atoms with E-state index in [0.29, 0.717) is 17.1 Å². The lowest BCUT2D eigenvalue weighted by atomic mass is 10.1. The molecule has 0 fully saturated rings. The van der Waals surface area contributed by atoms with Gasteiger partial charge in [-0.1, -0.05) is 36.7 Å². The van der Waals surface area contributed by atoms with Crippen molar-refractivity contribution in [2.45, 2.75) is 72.5 Å². The minimum absolute atomic E-state index is 0.0100. The molecule has 198 valence electrons. The Kier molecular flexibility index (Phi) is 10.8. The van der Waals surface area contributed by atoms with E-state index < -0.39 is 16.1 Å². The van der Waals surface area contributed by atoms with Gasteiger partial charge in [0.1, 0.15) is 6.04 Å². The van der Waals surface area contributed by atoms with Crippen LogP contribution in [0.25, 0.3) is 0 Å². The molecule has 0 bridgehead atoms. The minimum Gasteiger partial charge on any atom is -0.352 e. The molecule has 0 aliphatic heterocycles. The third-order valence-corrected chi connectivity index (χ3v) is 7.49. The molecule has 2 amide bonds. The van der Waals surface area contributed by atoms with Gasteiger partial charge in [-0.25, -0.2) is 8.42 Å². The molecular formula is C27H38ClN3O4S. The van der Waals surface area contributed by atoms with Crippen LogP contribution in [0.15, 0.2) is 42.5 Å². The number of hydrogen-bond acceptors (Lipinski definition) is 4. The van der Waals surface area contributed by atoms with Crippen LogP contribution < -0.4 is 9.62 Å². The number of hydrogen-bond donors (Lipinski definition) is 1. The maximum atomic E-state index is 13.4. The fourth-order valence-corrected chi connectivity index (χ4v) is 5.14. The van der Waals surface area contributed by atoms with E-state index >= 15 is 0 Å². The molecule has 9 heteroatoms. The molecule has 0 radical (unpaired) electrons. The molecule has 0 aliphatic carbocycles. The normalized spacial score (nSPS) is 13.1. The first-order valence-electron chi connectivity index (χ1n) is 12.2. The molecule has 2 aromatic rings. The molecule has 0 aliphatic rings. The molecular weight excluding hydrogens is 498 g/mol. The third kappa shape index (κ3) is 8.82. The molecule has 36 heavy (non-hydrogen) atoms. The maximum Gasteiger partial charge on any atom is 0.242 e. The Balaban J connectivity index is 2.20. The Morgan fingerprint density at radius 2 is 1.69 bits per heavy atom. The summed E-state index contributed by atoms with van der Waals surface area (Å²) < 4.78 is 26.4. The van der Waals surface area contributed by atoms with Gasteiger partial charge in [-0.15, -0.1) is 0 Å². The lowest BCUT2D eigenvalue weighted by Crippen LogP contribution is -2.49. The summed E-state index contributed by atoms with van der Waals surface area (Å²) in [5.74, 6) is -0.455. The van der Waals surface area contributed by atoms with E-state index in [1.54, 1.807) is 25.1 Å². The number of rotatable bonds is 12. The van der Waals surface area contributed by atoms with Crippen molar-refractivity contribution in [1.29, 1.82) is 0 Å². The fraction of sp³-hybridized carbons (Fsp3) is 0.481. The van der Waals surface area contributed by atoms with Crippen molar-refractivity contribution in [3.63, 3.8) is 0 Å². The van der Waals surface area contributed by atoms with Gasteiger partial charge in [0.25, 0.3) is 0 Å². The van der Waals surface area contributed by atoms with E-state index in [-0.39, 0.29) is 37.4 Å². The first-order valence-corrected chi connectivity index (χ1v) is 14.4. The number of anilines is 1. The van der Waals surface area contributed by atoms with Gasteiger partial charge in [0.2, 0.25) is 21.8 Å². The number of carbonyl (C=O) groups excluding carboxylic acids is 2. The average molecular weight is 536 g/mol. The number of nitrogens with one attached hydrogen (secondary N) is 1. The molecule has 0 unspecified atom stereocenters. The largest absolute Gasteiger partial charge is 0.352 e. The summed E-state index contributed by atoms with van der Waals surface area (Å²) in [5.41, 5.74) is 3.32. The van der Waals surface area contributed by atoms with Crippen molar-refractivity contribution in [2.75, 3.05) is 17.1 Å². The zero-order valence-electron chi connectivity index (χ0n) is 22.0. The summed E-state index contributed by atoms with van der Waals surface area (Å²) in [7, 11) is -3.54. The van der Waals surface area contributed by atoms with Gasteiger partial charge in [-0.2, -0.15) is 0 Å². The first kappa shape index (κ1) is 29.6. The van der Waals surface area contributed by atoms with Crippen LogP contribution in [0.3, 0.4) is 0 Å². The van der Waals surface area contributed by atoms with E-state index in [9.17, 15) is 18.0 Å². The Bertz CT molecular complexity index is 1150. The summed E-state index contributed by atoms with van der Waals surface area (Å²) in [5, 5.41) is 3.49. The molecule has 7 nitrogen and oxygen atoms in total. The van der Waals surface area contributed by atoms with Gasteiger partial charge in [0, 0.05) is 30.6 Å². The van der Waals surface area contributed by atoms with Crippen LogP contribution in [0.1, 0.15) is 56.7 Å². The highest BCUT2D eigenvalue weighted by Gasteiger charge is 2.27. The summed E-state index contributed by atoms with van der Waals surface area (Å²) in [6.07, 6.45) is 2.35. The van der Waals surface area contributed by atoms with Crippen LogP contribution in [-0.2, 0) is 26.2 Å². The molecule has 2 atom stereocenters. The van der Waals surface area contributed by atoms with Crippen LogP contribution in [0.2, 0.25) is 5.02 Å². The molecule has 2 rings (SSSR count). The first-order chi connectivity index (χ1) is 16.8. The second kappa shape index (κ2) is 13.1. The van der Waals surface area contributed by atoms with Crippen LogP contribution in [0.4, 0.5) is 5.69 Å². The number of amides is 2. The molecule has 1 N–H and O–H groups in total. The Morgan fingerprint density at radius 3 is 2.25 bits per heavy atom. The van der Waals surface area contributed by atoms with Crippen LogP contribution in [0.5, 0.6) is 0 Å². The quantitative estimate of drug-likeness (QED) is 0.421. The average Bonchev–Trinajstić information content (AvgIpc) is 2.78. The Morgan fingerprint density at radius 1 is 1.06 bits per heavy atom. The number of nitrogens with zero attached hydrogens (tertiary/aromatic N) is 2. The van der Waals surface area contributed by atoms with E-state index in [1.165, 1.54) is 15.5 Å². The second-order valence-corrected chi connectivity index (χ2v) is 11.8. The van der Waals surface area contributed by atoms with Crippen LogP contribution in [0, 0.1) is 13.8 Å². The van der Waals surface area contributed by atoms with Gasteiger partial charge >= 0.3 is 0 Å². The number of benzene rings is 2. The van der Waals surface area contributed by atoms with E-state index in [0.717, 1.165) is 23.1 Å². The molecule has 0 aromatic heterocycles. The summed E-state index contributed by atoms with van der Waals surface area (Å²) >= 11 is 6.13. The summed E-state index contributed by atoms with van der Waals surface area (Å²) in [6, 6.07) is 12.1. The predicted octanol–water partition coefficient (Wildman–Crippen LogP) is 4.84. The van der Waals surface area contributed by atoms with Gasteiger partial charge in [-0.05, 0) is 81.5 Å². The number of carbonyl (C=O) groups is 2. The predicted molar refractivity (Wildman–Crippen MR) is 147 cm³/mol. The van der Waals surface area contributed by atoms with Crippen molar-refractivity contribution >= 4 is 39.1 Å². The van der Waals surface area contributed by atoms with E-state index in [1.807, 2.05) is 52.0 Å². The smallest absolute Gasteiger partial charge is 0.242 e. The molecule has 2 aromatic carbocycles. The zero-order valence-corrected chi connectivity index (χ0v) is 23.6. The molecule has 0 saturated heterocycles. The summed E-state index contributed by atoms with van der Waals surface area (Å²) in [4.78, 5) is 27.7. The lowest BCUT2D eigenvalue weighted by Gasteiger charge is -2.30. The fourth-order valence-electron chi connectivity index (χ4n) is 3.98. The van der Waals surface area contributed by atoms with Crippen molar-refractivity contribution < 1.29 is 18.0 Å². The number of halogens is 1. The highest BCUT2D eigenvalue weighted by molar-refractivity contribution is 7.92. The topological polar surface area (TPSA) is 86.8 Å². The maximum absolute atomic E-state index is 13.4. The summed E-state index contributed by atoms with van der Waals surface area (Å²) in [6.45, 7) is 9.82. The second-order valence-electron chi connectivity index (χ2n) is 9.43. The van der Waals surface area contributed by atoms with Gasteiger partial charge in [0.15, 0.2) is 0 Å². The highest BCUT2D eigenvalue weighted by Crippen LogP contribution is 2.22. The monoisotopic (exact) mass is 535 g/mol. The van der Waals surface area contributed by atoms with Crippen molar-refractivity contribution in [2.24, 2.45) is 0 Å². The number of aryl methyl sites for hydroxylation is 2. The van der Waals surface area contributed by atoms with Gasteiger partial charge < -0.3 is 10.2 Å². The Labute approximate surface area is 220 Å². The van der Waals surface area contributed by atoms with Crippen LogP contribution in [-0.4, -0.2) is 50.0 Å². The van der Waals surface area contributed by atoms with E-state index in [2.05, 4.69) is 5.32 Å². The standard InChI is InChI=1S/C27H38ClN3O4S/c1-7-21(4)29-27(33)22(5)30(18-23-10-8-11-24(28)17-23)26(32)12-9-13-31(36(6,34)35)25-15-19(2)14-20(3)16-25/h8,10-11,14-17,21-22H,7,9,12-13,18H2,1-6H3,(H,29,33)/t21-,22+/m1/s1. The van der Waals surface area contributed by atoms with Crippen molar-refractivity contribution in [1.82, 2.24) is 10.2 Å². The van der Waals surface area contributed by atoms with Gasteiger partial charge in [-0.3, -0.25) is 13.9 Å². The van der Waals surface area contributed by atoms with Gasteiger partial charge in [0.05, 0.1) is 11.9 Å². The van der Waals surface area contributed by atoms with Crippen molar-refractivity contribution in [3.05, 3.63) is 64.2 Å². The third-order valence-electron chi connectivity index (χ3n) is 6.06.